The molecule has 0 unspecified atom stereocenters. The summed E-state index contributed by atoms with van der Waals surface area (Å²) >= 11 is 0. The van der Waals surface area contributed by atoms with Crippen LogP contribution in [0.2, 0.25) is 0 Å². The smallest absolute Gasteiger partial charge is 0.220 e. The molecule has 0 bridgehead atoms. The first-order valence-corrected chi connectivity index (χ1v) is 8.76. The Bertz CT molecular complexity index is 908. The predicted octanol–water partition coefficient (Wildman–Crippen LogP) is 3.44. The fraction of sp³-hybridized carbons (Fsp3) is 0.286. The molecule has 2 aromatic carbocycles. The van der Waals surface area contributed by atoms with E-state index < -0.39 is 0 Å². The molecule has 0 aliphatic carbocycles. The Balaban J connectivity index is 1.60. The lowest BCUT2D eigenvalue weighted by Gasteiger charge is -2.14. The lowest BCUT2D eigenvalue weighted by atomic mass is 10.1. The molecule has 1 heterocycles. The SMILES string of the molecule is COc1cc(CNC(=O)CCc2c[nH]c3ccccc23)cc(OC)c1OC. The summed E-state index contributed by atoms with van der Waals surface area (Å²) in [5, 5.41) is 4.11. The van der Waals surface area contributed by atoms with Crippen LogP contribution in [-0.2, 0) is 17.8 Å². The van der Waals surface area contributed by atoms with Crippen LogP contribution in [-0.4, -0.2) is 32.2 Å². The van der Waals surface area contributed by atoms with Crippen LogP contribution >= 0.6 is 0 Å². The van der Waals surface area contributed by atoms with E-state index >= 15 is 0 Å². The molecule has 6 nitrogen and oxygen atoms in total. The van der Waals surface area contributed by atoms with E-state index in [1.165, 1.54) is 0 Å². The van der Waals surface area contributed by atoms with Crippen molar-refractivity contribution in [2.75, 3.05) is 21.3 Å². The molecule has 0 radical (unpaired) electrons. The summed E-state index contributed by atoms with van der Waals surface area (Å²) in [6.07, 6.45) is 3.08. The van der Waals surface area contributed by atoms with Gasteiger partial charge in [0.1, 0.15) is 0 Å². The maximum Gasteiger partial charge on any atom is 0.220 e. The molecular weight excluding hydrogens is 344 g/mol. The van der Waals surface area contributed by atoms with Crippen LogP contribution < -0.4 is 19.5 Å². The third kappa shape index (κ3) is 4.16. The molecule has 0 aliphatic heterocycles. The summed E-state index contributed by atoms with van der Waals surface area (Å²) in [4.78, 5) is 15.5. The number of aryl methyl sites for hydroxylation is 1. The zero-order valence-electron chi connectivity index (χ0n) is 15.8. The minimum absolute atomic E-state index is 0.00553. The maximum absolute atomic E-state index is 12.3. The predicted molar refractivity (Wildman–Crippen MR) is 105 cm³/mol. The standard InChI is InChI=1S/C21H24N2O4/c1-25-18-10-14(11-19(26-2)21(18)27-3)12-23-20(24)9-8-15-13-22-17-7-5-4-6-16(15)17/h4-7,10-11,13,22H,8-9,12H2,1-3H3,(H,23,24). The second kappa shape index (κ2) is 8.49. The second-order valence-corrected chi connectivity index (χ2v) is 6.17. The highest BCUT2D eigenvalue weighted by atomic mass is 16.5. The summed E-state index contributed by atoms with van der Waals surface area (Å²) < 4.78 is 16.0. The van der Waals surface area contributed by atoms with E-state index in [4.69, 9.17) is 14.2 Å². The largest absolute Gasteiger partial charge is 0.493 e. The van der Waals surface area contributed by atoms with E-state index in [0.29, 0.717) is 36.6 Å². The average molecular weight is 368 g/mol. The Morgan fingerprint density at radius 2 is 1.74 bits per heavy atom. The van der Waals surface area contributed by atoms with Gasteiger partial charge in [-0.25, -0.2) is 0 Å². The van der Waals surface area contributed by atoms with Gasteiger partial charge in [0.25, 0.3) is 0 Å². The van der Waals surface area contributed by atoms with Crippen LogP contribution in [0.15, 0.2) is 42.6 Å². The van der Waals surface area contributed by atoms with Crippen LogP contribution in [0.1, 0.15) is 17.5 Å². The topological polar surface area (TPSA) is 72.6 Å². The van der Waals surface area contributed by atoms with E-state index in [0.717, 1.165) is 22.0 Å². The number of aromatic nitrogens is 1. The quantitative estimate of drug-likeness (QED) is 0.639. The molecule has 142 valence electrons. The Hall–Kier alpha value is -3.15. The molecule has 2 N–H and O–H groups in total. The molecule has 1 amide bonds. The van der Waals surface area contributed by atoms with Crippen molar-refractivity contribution in [3.63, 3.8) is 0 Å². The van der Waals surface area contributed by atoms with Crippen molar-refractivity contribution in [3.05, 3.63) is 53.7 Å². The number of H-pyrrole nitrogens is 1. The summed E-state index contributed by atoms with van der Waals surface area (Å²) in [5.74, 6) is 1.67. The van der Waals surface area contributed by atoms with Crippen LogP contribution in [0, 0.1) is 0 Å². The number of carbonyl (C=O) groups is 1. The third-order valence-electron chi connectivity index (χ3n) is 4.51. The Morgan fingerprint density at radius 1 is 1.04 bits per heavy atom. The summed E-state index contributed by atoms with van der Waals surface area (Å²) in [6, 6.07) is 11.8. The third-order valence-corrected chi connectivity index (χ3v) is 4.51. The Morgan fingerprint density at radius 3 is 2.41 bits per heavy atom. The van der Waals surface area contributed by atoms with Crippen molar-refractivity contribution >= 4 is 16.8 Å². The molecule has 0 saturated carbocycles. The first-order valence-electron chi connectivity index (χ1n) is 8.76. The summed E-state index contributed by atoms with van der Waals surface area (Å²) in [7, 11) is 4.70. The average Bonchev–Trinajstić information content (AvgIpc) is 3.12. The van der Waals surface area contributed by atoms with Gasteiger partial charge in [0.05, 0.1) is 21.3 Å². The second-order valence-electron chi connectivity index (χ2n) is 6.17. The van der Waals surface area contributed by atoms with Gasteiger partial charge < -0.3 is 24.5 Å². The van der Waals surface area contributed by atoms with Gasteiger partial charge in [-0.1, -0.05) is 18.2 Å². The fourth-order valence-electron chi connectivity index (χ4n) is 3.11. The molecule has 0 atom stereocenters. The number of fused-ring (bicyclic) bond motifs is 1. The first-order chi connectivity index (χ1) is 13.2. The lowest BCUT2D eigenvalue weighted by Crippen LogP contribution is -2.23. The zero-order valence-corrected chi connectivity index (χ0v) is 15.8. The maximum atomic E-state index is 12.3. The van der Waals surface area contributed by atoms with Gasteiger partial charge in [0.2, 0.25) is 11.7 Å². The van der Waals surface area contributed by atoms with E-state index in [-0.39, 0.29) is 5.91 Å². The number of benzene rings is 2. The van der Waals surface area contributed by atoms with Crippen molar-refractivity contribution in [2.45, 2.75) is 19.4 Å². The van der Waals surface area contributed by atoms with Crippen molar-refractivity contribution in [2.24, 2.45) is 0 Å². The number of nitrogens with one attached hydrogen (secondary N) is 2. The molecule has 6 heteroatoms. The van der Waals surface area contributed by atoms with Gasteiger partial charge in [-0.15, -0.1) is 0 Å². The highest BCUT2D eigenvalue weighted by molar-refractivity contribution is 5.84. The van der Waals surface area contributed by atoms with Gasteiger partial charge in [-0.2, -0.15) is 0 Å². The van der Waals surface area contributed by atoms with Gasteiger partial charge in [-0.3, -0.25) is 4.79 Å². The minimum Gasteiger partial charge on any atom is -0.493 e. The van der Waals surface area contributed by atoms with Crippen molar-refractivity contribution in [1.82, 2.24) is 10.3 Å². The number of ether oxygens (including phenoxy) is 3. The number of para-hydroxylation sites is 1. The summed E-state index contributed by atoms with van der Waals surface area (Å²) in [5.41, 5.74) is 3.11. The Kier molecular flexibility index (Phi) is 5.86. The molecule has 27 heavy (non-hydrogen) atoms. The molecule has 3 rings (SSSR count). The number of aromatic amines is 1. The van der Waals surface area contributed by atoms with E-state index in [9.17, 15) is 4.79 Å². The van der Waals surface area contributed by atoms with E-state index in [1.54, 1.807) is 21.3 Å². The molecule has 0 spiro atoms. The molecule has 0 fully saturated rings. The Labute approximate surface area is 158 Å². The monoisotopic (exact) mass is 368 g/mol. The number of amides is 1. The highest BCUT2D eigenvalue weighted by Gasteiger charge is 2.14. The van der Waals surface area contributed by atoms with Crippen LogP contribution in [0.3, 0.4) is 0 Å². The van der Waals surface area contributed by atoms with Crippen molar-refractivity contribution in [1.29, 1.82) is 0 Å². The lowest BCUT2D eigenvalue weighted by molar-refractivity contribution is -0.121. The van der Waals surface area contributed by atoms with Crippen molar-refractivity contribution < 1.29 is 19.0 Å². The van der Waals surface area contributed by atoms with Crippen LogP contribution in [0.25, 0.3) is 10.9 Å². The van der Waals surface area contributed by atoms with Crippen LogP contribution in [0.4, 0.5) is 0 Å². The fourth-order valence-corrected chi connectivity index (χ4v) is 3.11. The molecular formula is C21H24N2O4. The first kappa shape index (κ1) is 18.6. The van der Waals surface area contributed by atoms with E-state index in [1.807, 2.05) is 36.5 Å². The number of methoxy groups -OCH3 is 3. The molecule has 1 aromatic heterocycles. The highest BCUT2D eigenvalue weighted by Crippen LogP contribution is 2.38. The van der Waals surface area contributed by atoms with Gasteiger partial charge >= 0.3 is 0 Å². The molecule has 0 aliphatic rings. The zero-order chi connectivity index (χ0) is 19.2. The van der Waals surface area contributed by atoms with E-state index in [2.05, 4.69) is 16.4 Å². The van der Waals surface area contributed by atoms with Crippen LogP contribution in [0.5, 0.6) is 17.2 Å². The molecule has 0 saturated heterocycles. The number of carbonyl (C=O) groups excluding carboxylic acids is 1. The van der Waals surface area contributed by atoms with Gasteiger partial charge in [0, 0.05) is 30.1 Å². The van der Waals surface area contributed by atoms with Gasteiger partial charge in [0.15, 0.2) is 11.5 Å². The minimum atomic E-state index is -0.00553. The van der Waals surface area contributed by atoms with Crippen molar-refractivity contribution in [3.8, 4) is 17.2 Å². The molecule has 3 aromatic rings. The normalized spacial score (nSPS) is 10.6. The summed E-state index contributed by atoms with van der Waals surface area (Å²) in [6.45, 7) is 0.392. The number of rotatable bonds is 8. The number of hydrogen-bond donors (Lipinski definition) is 2. The van der Waals surface area contributed by atoms with Gasteiger partial charge in [-0.05, 0) is 35.7 Å². The number of hydrogen-bond acceptors (Lipinski definition) is 4.